The lowest BCUT2D eigenvalue weighted by Gasteiger charge is -2.23. The van der Waals surface area contributed by atoms with Crippen molar-refractivity contribution in [1.29, 1.82) is 0 Å². The Balaban J connectivity index is 2.26. The standard InChI is InChI=1S/C18H24N2O4S2/c1-17(2,3)13-11-25-16(20-13)9-14(21)18(4,5)26(22,23)12-7-8-15(24-6)19-10-12/h7-8,10-11H,9H2,1-6H3. The van der Waals surface area contributed by atoms with E-state index in [0.717, 1.165) is 5.69 Å². The van der Waals surface area contributed by atoms with Crippen LogP contribution < -0.4 is 4.74 Å². The first-order chi connectivity index (χ1) is 11.9. The summed E-state index contributed by atoms with van der Waals surface area (Å²) >= 11 is 1.38. The number of carbonyl (C=O) groups is 1. The lowest BCUT2D eigenvalue weighted by Crippen LogP contribution is -2.41. The lowest BCUT2D eigenvalue weighted by molar-refractivity contribution is -0.120. The van der Waals surface area contributed by atoms with Crippen molar-refractivity contribution < 1.29 is 17.9 Å². The van der Waals surface area contributed by atoms with Crippen LogP contribution in [0.1, 0.15) is 45.3 Å². The van der Waals surface area contributed by atoms with Gasteiger partial charge in [-0.05, 0) is 19.9 Å². The van der Waals surface area contributed by atoms with Gasteiger partial charge in [0, 0.05) is 23.1 Å². The van der Waals surface area contributed by atoms with Crippen LogP contribution in [0.5, 0.6) is 5.88 Å². The van der Waals surface area contributed by atoms with Crippen LogP contribution in [-0.4, -0.2) is 36.0 Å². The van der Waals surface area contributed by atoms with E-state index in [9.17, 15) is 13.2 Å². The zero-order valence-electron chi connectivity index (χ0n) is 15.9. The number of nitrogens with zero attached hydrogens (tertiary/aromatic N) is 2. The molecule has 2 aromatic heterocycles. The summed E-state index contributed by atoms with van der Waals surface area (Å²) in [6.45, 7) is 8.97. The average molecular weight is 397 g/mol. The van der Waals surface area contributed by atoms with Crippen LogP contribution in [-0.2, 0) is 26.5 Å². The van der Waals surface area contributed by atoms with Crippen molar-refractivity contribution in [1.82, 2.24) is 9.97 Å². The van der Waals surface area contributed by atoms with Gasteiger partial charge in [0.25, 0.3) is 0 Å². The number of methoxy groups -OCH3 is 1. The van der Waals surface area contributed by atoms with Crippen molar-refractivity contribution in [3.63, 3.8) is 0 Å². The van der Waals surface area contributed by atoms with Gasteiger partial charge in [0.2, 0.25) is 5.88 Å². The Hall–Kier alpha value is -1.80. The van der Waals surface area contributed by atoms with Gasteiger partial charge in [-0.2, -0.15) is 0 Å². The predicted octanol–water partition coefficient (Wildman–Crippen LogP) is 3.21. The third-order valence-electron chi connectivity index (χ3n) is 4.20. The molecule has 8 heteroatoms. The maximum atomic E-state index is 12.9. The molecule has 0 fully saturated rings. The van der Waals surface area contributed by atoms with E-state index in [2.05, 4.69) is 9.97 Å². The van der Waals surface area contributed by atoms with Gasteiger partial charge in [0.1, 0.15) is 9.75 Å². The van der Waals surface area contributed by atoms with Crippen LogP contribution in [0.15, 0.2) is 28.6 Å². The smallest absolute Gasteiger partial charge is 0.212 e. The molecule has 2 aromatic rings. The first kappa shape index (κ1) is 20.5. The first-order valence-corrected chi connectivity index (χ1v) is 10.5. The van der Waals surface area contributed by atoms with Gasteiger partial charge in [0.05, 0.1) is 24.1 Å². The fourth-order valence-electron chi connectivity index (χ4n) is 2.18. The molecule has 0 bridgehead atoms. The van der Waals surface area contributed by atoms with Gasteiger partial charge < -0.3 is 4.74 Å². The van der Waals surface area contributed by atoms with Crippen molar-refractivity contribution >= 4 is 27.0 Å². The third-order valence-corrected chi connectivity index (χ3v) is 7.49. The summed E-state index contributed by atoms with van der Waals surface area (Å²) in [7, 11) is -2.45. The molecule has 0 spiro atoms. The molecule has 2 heterocycles. The average Bonchev–Trinajstić information content (AvgIpc) is 3.03. The van der Waals surface area contributed by atoms with E-state index >= 15 is 0 Å². The molecule has 142 valence electrons. The largest absolute Gasteiger partial charge is 0.481 e. The van der Waals surface area contributed by atoms with Crippen molar-refractivity contribution in [3.05, 3.63) is 34.4 Å². The number of thiazole rings is 1. The second-order valence-electron chi connectivity index (χ2n) is 7.53. The highest BCUT2D eigenvalue weighted by atomic mass is 32.2. The van der Waals surface area contributed by atoms with E-state index in [1.54, 1.807) is 0 Å². The van der Waals surface area contributed by atoms with E-state index in [1.807, 2.05) is 26.2 Å². The molecular weight excluding hydrogens is 372 g/mol. The molecular formula is C18H24N2O4S2. The van der Waals surface area contributed by atoms with Crippen molar-refractivity contribution in [3.8, 4) is 5.88 Å². The summed E-state index contributed by atoms with van der Waals surface area (Å²) in [5.41, 5.74) is 0.777. The first-order valence-electron chi connectivity index (χ1n) is 8.12. The fourth-order valence-corrected chi connectivity index (χ4v) is 4.60. The Morgan fingerprint density at radius 2 is 1.85 bits per heavy atom. The number of ether oxygens (including phenoxy) is 1. The molecule has 0 saturated carbocycles. The number of ketones is 1. The normalized spacial score (nSPS) is 12.8. The van der Waals surface area contributed by atoms with Crippen LogP contribution >= 0.6 is 11.3 Å². The Bertz CT molecular complexity index is 892. The Kier molecular flexibility index (Phi) is 5.58. The van der Waals surface area contributed by atoms with E-state index in [0.29, 0.717) is 10.9 Å². The Morgan fingerprint density at radius 1 is 1.19 bits per heavy atom. The molecule has 2 rings (SSSR count). The van der Waals surface area contributed by atoms with Gasteiger partial charge >= 0.3 is 0 Å². The molecule has 0 N–H and O–H groups in total. The summed E-state index contributed by atoms with van der Waals surface area (Å²) in [5, 5.41) is 2.54. The van der Waals surface area contributed by atoms with Crippen LogP contribution in [0.4, 0.5) is 0 Å². The summed E-state index contributed by atoms with van der Waals surface area (Å²) in [4.78, 5) is 21.2. The molecule has 0 unspecified atom stereocenters. The highest BCUT2D eigenvalue weighted by molar-refractivity contribution is 7.93. The Labute approximate surface area is 158 Å². The number of hydrogen-bond donors (Lipinski definition) is 0. The van der Waals surface area contributed by atoms with Crippen LogP contribution in [0.25, 0.3) is 0 Å². The predicted molar refractivity (Wildman–Crippen MR) is 102 cm³/mol. The van der Waals surface area contributed by atoms with E-state index in [1.165, 1.54) is 50.6 Å². The Morgan fingerprint density at radius 3 is 2.31 bits per heavy atom. The van der Waals surface area contributed by atoms with Gasteiger partial charge in [-0.3, -0.25) is 4.79 Å². The van der Waals surface area contributed by atoms with E-state index in [-0.39, 0.29) is 16.7 Å². The van der Waals surface area contributed by atoms with Crippen molar-refractivity contribution in [2.45, 2.75) is 56.1 Å². The number of Topliss-reactive ketones (excluding diaryl/α,β-unsaturated/α-hetero) is 1. The summed E-state index contributed by atoms with van der Waals surface area (Å²) < 4.78 is 29.2. The molecule has 6 nitrogen and oxygen atoms in total. The number of pyridine rings is 1. The minimum atomic E-state index is -3.90. The number of hydrogen-bond acceptors (Lipinski definition) is 7. The highest BCUT2D eigenvalue weighted by Gasteiger charge is 2.42. The summed E-state index contributed by atoms with van der Waals surface area (Å²) in [6, 6.07) is 2.86. The number of rotatable bonds is 6. The number of aromatic nitrogens is 2. The van der Waals surface area contributed by atoms with Gasteiger partial charge in [-0.1, -0.05) is 20.8 Å². The van der Waals surface area contributed by atoms with Crippen LogP contribution in [0, 0.1) is 0 Å². The second kappa shape index (κ2) is 7.08. The minimum Gasteiger partial charge on any atom is -0.481 e. The highest BCUT2D eigenvalue weighted by Crippen LogP contribution is 2.29. The molecule has 0 saturated heterocycles. The third kappa shape index (κ3) is 3.96. The van der Waals surface area contributed by atoms with Crippen LogP contribution in [0.2, 0.25) is 0 Å². The summed E-state index contributed by atoms with van der Waals surface area (Å²) in [6.07, 6.45) is 1.20. The van der Waals surface area contributed by atoms with Gasteiger partial charge in [0.15, 0.2) is 15.6 Å². The topological polar surface area (TPSA) is 86.2 Å². The van der Waals surface area contributed by atoms with Gasteiger partial charge in [-0.25, -0.2) is 18.4 Å². The molecule has 0 amide bonds. The second-order valence-corrected chi connectivity index (χ2v) is 11.0. The molecule has 0 aromatic carbocycles. The monoisotopic (exact) mass is 396 g/mol. The molecule has 0 atom stereocenters. The zero-order valence-corrected chi connectivity index (χ0v) is 17.5. The molecule has 0 radical (unpaired) electrons. The lowest BCUT2D eigenvalue weighted by atomic mass is 9.93. The van der Waals surface area contributed by atoms with E-state index in [4.69, 9.17) is 4.74 Å². The van der Waals surface area contributed by atoms with Crippen molar-refractivity contribution in [2.75, 3.05) is 7.11 Å². The number of carbonyl (C=O) groups excluding carboxylic acids is 1. The van der Waals surface area contributed by atoms with E-state index < -0.39 is 20.4 Å². The summed E-state index contributed by atoms with van der Waals surface area (Å²) in [5.74, 6) is -0.0892. The molecule has 0 aliphatic heterocycles. The van der Waals surface area contributed by atoms with Crippen LogP contribution in [0.3, 0.4) is 0 Å². The molecule has 0 aliphatic carbocycles. The number of sulfone groups is 1. The maximum Gasteiger partial charge on any atom is 0.212 e. The van der Waals surface area contributed by atoms with Crippen molar-refractivity contribution in [2.24, 2.45) is 0 Å². The minimum absolute atomic E-state index is 0.00818. The SMILES string of the molecule is COc1ccc(S(=O)(=O)C(C)(C)C(=O)Cc2nc(C(C)(C)C)cs2)cn1. The molecule has 0 aliphatic rings. The fraction of sp³-hybridized carbons (Fsp3) is 0.500. The maximum absolute atomic E-state index is 12.9. The quantitative estimate of drug-likeness (QED) is 0.745. The molecule has 26 heavy (non-hydrogen) atoms. The zero-order chi connectivity index (χ0) is 19.8. The van der Waals surface area contributed by atoms with Gasteiger partial charge in [-0.15, -0.1) is 11.3 Å².